The number of benzene rings is 9. The zero-order valence-corrected chi connectivity index (χ0v) is 32.6. The maximum absolute atomic E-state index is 5.62. The minimum atomic E-state index is -0.122. The van der Waals surface area contributed by atoms with E-state index < -0.39 is 0 Å². The quantitative estimate of drug-likeness (QED) is 0.180. The fourth-order valence-electron chi connectivity index (χ4n) is 10.5. The number of para-hydroxylation sites is 2. The van der Waals surface area contributed by atoms with Crippen LogP contribution in [0.2, 0.25) is 0 Å². The largest absolute Gasteiger partial charge is 0.309 e. The van der Waals surface area contributed by atoms with Gasteiger partial charge in [0.15, 0.2) is 0 Å². The van der Waals surface area contributed by atoms with Gasteiger partial charge >= 0.3 is 0 Å². The lowest BCUT2D eigenvalue weighted by Crippen LogP contribution is -2.14. The van der Waals surface area contributed by atoms with Gasteiger partial charge in [-0.3, -0.25) is 4.57 Å². The Balaban J connectivity index is 1.12. The molecule has 3 heterocycles. The molecular weight excluding hydrogens is 717 g/mol. The number of hydrogen-bond acceptors (Lipinski definition) is 2. The molecule has 0 saturated heterocycles. The van der Waals surface area contributed by atoms with Gasteiger partial charge in [0.25, 0.3) is 0 Å². The second-order valence-corrected chi connectivity index (χ2v) is 16.5. The van der Waals surface area contributed by atoms with Gasteiger partial charge < -0.3 is 4.57 Å². The summed E-state index contributed by atoms with van der Waals surface area (Å²) < 4.78 is 4.72. The number of nitrogens with zero attached hydrogens (tertiary/aromatic N) is 4. The van der Waals surface area contributed by atoms with E-state index in [4.69, 9.17) is 9.97 Å². The minimum absolute atomic E-state index is 0.122. The Morgan fingerprint density at radius 2 is 0.983 bits per heavy atom. The van der Waals surface area contributed by atoms with Crippen molar-refractivity contribution in [3.63, 3.8) is 0 Å². The maximum atomic E-state index is 5.62. The molecule has 4 nitrogen and oxygen atoms in total. The molecule has 0 spiro atoms. The van der Waals surface area contributed by atoms with Crippen molar-refractivity contribution in [3.05, 3.63) is 193 Å². The van der Waals surface area contributed by atoms with Crippen LogP contribution in [-0.2, 0) is 5.41 Å². The van der Waals surface area contributed by atoms with Gasteiger partial charge in [0, 0.05) is 43.6 Å². The summed E-state index contributed by atoms with van der Waals surface area (Å²) in [6, 6.07) is 66.3. The molecule has 9 aromatic carbocycles. The Labute approximate surface area is 340 Å². The van der Waals surface area contributed by atoms with Crippen molar-refractivity contribution in [3.8, 4) is 34.0 Å². The molecule has 13 rings (SSSR count). The second-order valence-electron chi connectivity index (χ2n) is 16.5. The lowest BCUT2D eigenvalue weighted by molar-refractivity contribution is 0.660. The number of hydrogen-bond donors (Lipinski definition) is 0. The molecule has 0 unspecified atom stereocenters. The molecule has 1 aliphatic rings. The molecule has 0 radical (unpaired) electrons. The van der Waals surface area contributed by atoms with Crippen LogP contribution in [0.5, 0.6) is 0 Å². The molecule has 0 amide bonds. The first-order valence-electron chi connectivity index (χ1n) is 20.4. The average Bonchev–Trinajstić information content (AvgIpc) is 3.89. The highest BCUT2D eigenvalue weighted by Crippen LogP contribution is 2.52. The Morgan fingerprint density at radius 1 is 0.407 bits per heavy atom. The molecule has 0 atom stereocenters. The summed E-state index contributed by atoms with van der Waals surface area (Å²) in [7, 11) is 0. The van der Waals surface area contributed by atoms with Gasteiger partial charge in [-0.2, -0.15) is 0 Å². The summed E-state index contributed by atoms with van der Waals surface area (Å²) in [5.74, 6) is 0.660. The van der Waals surface area contributed by atoms with Gasteiger partial charge in [-0.25, -0.2) is 9.97 Å². The van der Waals surface area contributed by atoms with Crippen molar-refractivity contribution in [2.24, 2.45) is 0 Å². The number of fused-ring (bicyclic) bond motifs is 14. The van der Waals surface area contributed by atoms with Crippen LogP contribution in [0.1, 0.15) is 25.0 Å². The highest BCUT2D eigenvalue weighted by Gasteiger charge is 2.37. The highest BCUT2D eigenvalue weighted by molar-refractivity contribution is 6.23. The monoisotopic (exact) mass is 752 g/mol. The smallest absolute Gasteiger partial charge is 0.235 e. The Bertz CT molecular complexity index is 3770. The first kappa shape index (κ1) is 32.5. The van der Waals surface area contributed by atoms with E-state index in [9.17, 15) is 0 Å². The highest BCUT2D eigenvalue weighted by atomic mass is 15.2. The Kier molecular flexibility index (Phi) is 6.48. The van der Waals surface area contributed by atoms with Gasteiger partial charge in [0.05, 0.1) is 33.3 Å². The van der Waals surface area contributed by atoms with Gasteiger partial charge in [0.2, 0.25) is 5.95 Å². The van der Waals surface area contributed by atoms with E-state index in [1.807, 2.05) is 0 Å². The molecule has 0 saturated carbocycles. The van der Waals surface area contributed by atoms with E-state index >= 15 is 0 Å². The van der Waals surface area contributed by atoms with Crippen molar-refractivity contribution in [2.45, 2.75) is 19.3 Å². The lowest BCUT2D eigenvalue weighted by Gasteiger charge is -2.21. The summed E-state index contributed by atoms with van der Waals surface area (Å²) >= 11 is 0. The zero-order chi connectivity index (χ0) is 39.0. The number of aromatic nitrogens is 4. The summed E-state index contributed by atoms with van der Waals surface area (Å²) in [6.07, 6.45) is 0. The van der Waals surface area contributed by atoms with Gasteiger partial charge in [-0.05, 0) is 86.3 Å². The predicted octanol–water partition coefficient (Wildman–Crippen LogP) is 14.1. The van der Waals surface area contributed by atoms with Crippen LogP contribution in [0.3, 0.4) is 0 Å². The van der Waals surface area contributed by atoms with Crippen LogP contribution in [0.25, 0.3) is 110 Å². The van der Waals surface area contributed by atoms with E-state index in [1.54, 1.807) is 0 Å². The third kappa shape index (κ3) is 4.38. The van der Waals surface area contributed by atoms with Crippen molar-refractivity contribution in [1.82, 2.24) is 19.1 Å². The van der Waals surface area contributed by atoms with Crippen LogP contribution in [0.4, 0.5) is 0 Å². The molecule has 276 valence electrons. The van der Waals surface area contributed by atoms with E-state index in [0.717, 1.165) is 44.3 Å². The average molecular weight is 753 g/mol. The first-order chi connectivity index (χ1) is 29.0. The first-order valence-corrected chi connectivity index (χ1v) is 20.4. The molecule has 0 bridgehead atoms. The third-order valence-electron chi connectivity index (χ3n) is 13.1. The van der Waals surface area contributed by atoms with Gasteiger partial charge in [0.1, 0.15) is 0 Å². The molecule has 1 aliphatic carbocycles. The molecule has 0 aliphatic heterocycles. The molecule has 3 aromatic heterocycles. The normalized spacial score (nSPS) is 13.4. The van der Waals surface area contributed by atoms with Crippen molar-refractivity contribution in [2.75, 3.05) is 0 Å². The SMILES string of the molecule is CC1(C)c2ccccc2-c2c(-c3nc(-n4c5ccc(-n6c7ccccc7c7c8ccccc8ccc76)cc5c5c6ccccc6ccc54)nc4ccccc34)cccc21. The summed E-state index contributed by atoms with van der Waals surface area (Å²) in [4.78, 5) is 11.0. The van der Waals surface area contributed by atoms with Crippen molar-refractivity contribution in [1.29, 1.82) is 0 Å². The van der Waals surface area contributed by atoms with Crippen LogP contribution >= 0.6 is 0 Å². The molecule has 0 N–H and O–H groups in total. The van der Waals surface area contributed by atoms with E-state index in [1.165, 1.54) is 71.0 Å². The van der Waals surface area contributed by atoms with E-state index in [0.29, 0.717) is 5.95 Å². The zero-order valence-electron chi connectivity index (χ0n) is 32.6. The Morgan fingerprint density at radius 3 is 1.78 bits per heavy atom. The molecule has 0 fully saturated rings. The van der Waals surface area contributed by atoms with Crippen LogP contribution in [0, 0.1) is 0 Å². The molecular formula is C55H36N4. The second kappa shape index (κ2) is 11.7. The molecule has 4 heteroatoms. The van der Waals surface area contributed by atoms with E-state index in [2.05, 4.69) is 205 Å². The molecule has 12 aromatic rings. The van der Waals surface area contributed by atoms with E-state index in [-0.39, 0.29) is 5.41 Å². The Hall–Kier alpha value is -7.56. The summed E-state index contributed by atoms with van der Waals surface area (Å²) in [5.41, 5.74) is 13.7. The van der Waals surface area contributed by atoms with Gasteiger partial charge in [-0.1, -0.05) is 153 Å². The van der Waals surface area contributed by atoms with Gasteiger partial charge in [-0.15, -0.1) is 0 Å². The maximum Gasteiger partial charge on any atom is 0.235 e. The van der Waals surface area contributed by atoms with Crippen LogP contribution in [-0.4, -0.2) is 19.1 Å². The topological polar surface area (TPSA) is 35.6 Å². The number of rotatable bonds is 3. The van der Waals surface area contributed by atoms with Crippen molar-refractivity contribution >= 4 is 76.1 Å². The molecule has 59 heavy (non-hydrogen) atoms. The standard InChI is InChI=1S/C55H36N4/c1-55(2)43-22-10-7-18-38(43)50-41(21-13-23-44(50)55)53-39-19-8-11-24-45(39)56-54(57-53)59-47-31-28-35(32-42(47)52-37-17-6-4-15-34(37)27-30-49(52)59)58-46-25-12-9-20-40(46)51-36-16-5-3-14-33(36)26-29-48(51)58/h3-32H,1-2H3. The fourth-order valence-corrected chi connectivity index (χ4v) is 10.5. The minimum Gasteiger partial charge on any atom is -0.309 e. The lowest BCUT2D eigenvalue weighted by atomic mass is 9.82. The van der Waals surface area contributed by atoms with Crippen molar-refractivity contribution < 1.29 is 0 Å². The third-order valence-corrected chi connectivity index (χ3v) is 13.1. The summed E-state index contributed by atoms with van der Waals surface area (Å²) in [6.45, 7) is 4.67. The predicted molar refractivity (Wildman–Crippen MR) is 246 cm³/mol. The van der Waals surface area contributed by atoms with Crippen LogP contribution in [0.15, 0.2) is 182 Å². The summed E-state index contributed by atoms with van der Waals surface area (Å²) in [5, 5.41) is 10.9. The van der Waals surface area contributed by atoms with Crippen LogP contribution < -0.4 is 0 Å². The fraction of sp³-hybridized carbons (Fsp3) is 0.0545.